The normalized spacial score (nSPS) is 12.0. The average Bonchev–Trinajstić information content (AvgIpc) is 2.18. The summed E-state index contributed by atoms with van der Waals surface area (Å²) >= 11 is 0. The molecule has 2 N–H and O–H groups in total. The van der Waals surface area contributed by atoms with Crippen molar-refractivity contribution in [1.29, 1.82) is 0 Å². The van der Waals surface area contributed by atoms with Gasteiger partial charge in [-0.25, -0.2) is 0 Å². The van der Waals surface area contributed by atoms with Gasteiger partial charge in [-0.1, -0.05) is 44.2 Å². The van der Waals surface area contributed by atoms with E-state index in [9.17, 15) is 4.79 Å². The largest absolute Gasteiger partial charge is 0.321 e. The topological polar surface area (TPSA) is 43.1 Å². The molecule has 0 aliphatic rings. The van der Waals surface area contributed by atoms with Crippen molar-refractivity contribution in [2.75, 3.05) is 0 Å². The first kappa shape index (κ1) is 14.1. The Labute approximate surface area is 97.3 Å². The van der Waals surface area contributed by atoms with Gasteiger partial charge in [0.15, 0.2) is 5.78 Å². The van der Waals surface area contributed by atoms with E-state index in [-0.39, 0.29) is 30.2 Å². The Morgan fingerprint density at radius 3 is 2.27 bits per heavy atom. The van der Waals surface area contributed by atoms with Gasteiger partial charge in [0.05, 0.1) is 6.04 Å². The summed E-state index contributed by atoms with van der Waals surface area (Å²) in [5, 5.41) is 0. The number of carbonyl (C=O) groups is 1. The number of hydrogen-bond acceptors (Lipinski definition) is 2. The van der Waals surface area contributed by atoms with Crippen LogP contribution >= 0.6 is 12.4 Å². The monoisotopic (exact) mass is 227 g/mol. The number of nitrogens with two attached hydrogens (primary N) is 1. The van der Waals surface area contributed by atoms with Crippen LogP contribution in [0, 0.1) is 5.92 Å². The molecule has 0 saturated heterocycles. The minimum Gasteiger partial charge on any atom is -0.321 e. The Kier molecular flexibility index (Phi) is 6.21. The highest BCUT2D eigenvalue weighted by Gasteiger charge is 2.16. The molecule has 0 heterocycles. The zero-order chi connectivity index (χ0) is 10.6. The molecule has 1 aromatic carbocycles. The van der Waals surface area contributed by atoms with Crippen LogP contribution in [-0.2, 0) is 11.2 Å². The first-order chi connectivity index (χ1) is 6.61. The van der Waals surface area contributed by atoms with Crippen LogP contribution in [0.4, 0.5) is 0 Å². The molecule has 3 heteroatoms. The molecule has 0 aromatic heterocycles. The van der Waals surface area contributed by atoms with Gasteiger partial charge in [0.1, 0.15) is 0 Å². The smallest absolute Gasteiger partial charge is 0.152 e. The van der Waals surface area contributed by atoms with Gasteiger partial charge < -0.3 is 5.73 Å². The van der Waals surface area contributed by atoms with Crippen molar-refractivity contribution in [2.45, 2.75) is 26.3 Å². The quantitative estimate of drug-likeness (QED) is 0.857. The van der Waals surface area contributed by atoms with Gasteiger partial charge in [0.2, 0.25) is 0 Å². The van der Waals surface area contributed by atoms with Gasteiger partial charge in [-0.15, -0.1) is 12.4 Å². The zero-order valence-electron chi connectivity index (χ0n) is 9.14. The fourth-order valence-electron chi connectivity index (χ4n) is 1.40. The highest BCUT2D eigenvalue weighted by Crippen LogP contribution is 2.06. The molecule has 0 spiro atoms. The molecule has 0 saturated carbocycles. The van der Waals surface area contributed by atoms with Crippen LogP contribution in [0.25, 0.3) is 0 Å². The first-order valence-corrected chi connectivity index (χ1v) is 4.94. The van der Waals surface area contributed by atoms with Crippen molar-refractivity contribution in [2.24, 2.45) is 11.7 Å². The van der Waals surface area contributed by atoms with E-state index in [1.165, 1.54) is 0 Å². The minimum atomic E-state index is -0.364. The number of benzene rings is 1. The van der Waals surface area contributed by atoms with E-state index in [2.05, 4.69) is 0 Å². The predicted molar refractivity (Wildman–Crippen MR) is 65.2 cm³/mol. The average molecular weight is 228 g/mol. The van der Waals surface area contributed by atoms with Crippen molar-refractivity contribution in [3.8, 4) is 0 Å². The van der Waals surface area contributed by atoms with E-state index in [1.807, 2.05) is 44.2 Å². The fourth-order valence-corrected chi connectivity index (χ4v) is 1.40. The first-order valence-electron chi connectivity index (χ1n) is 4.94. The number of ketones is 1. The van der Waals surface area contributed by atoms with E-state index < -0.39 is 0 Å². The molecule has 0 unspecified atom stereocenters. The van der Waals surface area contributed by atoms with Gasteiger partial charge in [0.25, 0.3) is 0 Å². The Hall–Kier alpha value is -0.860. The molecular weight excluding hydrogens is 210 g/mol. The zero-order valence-corrected chi connectivity index (χ0v) is 9.96. The van der Waals surface area contributed by atoms with E-state index in [0.717, 1.165) is 5.56 Å². The number of hydrogen-bond donors (Lipinski definition) is 1. The molecule has 15 heavy (non-hydrogen) atoms. The van der Waals surface area contributed by atoms with Crippen molar-refractivity contribution >= 4 is 18.2 Å². The molecule has 84 valence electrons. The van der Waals surface area contributed by atoms with Crippen LogP contribution in [0.15, 0.2) is 30.3 Å². The number of carbonyl (C=O) groups excluding carboxylic acids is 1. The van der Waals surface area contributed by atoms with E-state index in [1.54, 1.807) is 0 Å². The molecule has 1 rings (SSSR count). The fraction of sp³-hybridized carbons (Fsp3) is 0.417. The third-order valence-corrected chi connectivity index (χ3v) is 2.23. The van der Waals surface area contributed by atoms with Crippen LogP contribution in [0.2, 0.25) is 0 Å². The molecule has 0 fully saturated rings. The Morgan fingerprint density at radius 2 is 1.80 bits per heavy atom. The summed E-state index contributed by atoms with van der Waals surface area (Å²) in [5.41, 5.74) is 6.92. The molecule has 0 bridgehead atoms. The lowest BCUT2D eigenvalue weighted by molar-refractivity contribution is -0.123. The Bertz CT molecular complexity index is 298. The van der Waals surface area contributed by atoms with Crippen LogP contribution in [-0.4, -0.2) is 11.8 Å². The third kappa shape index (κ3) is 4.45. The lowest BCUT2D eigenvalue weighted by Gasteiger charge is -2.12. The Morgan fingerprint density at radius 1 is 1.27 bits per heavy atom. The van der Waals surface area contributed by atoms with Crippen molar-refractivity contribution < 1.29 is 4.79 Å². The SMILES string of the molecule is CC(C)C(=O)[C@@H](N)Cc1ccccc1.Cl. The van der Waals surface area contributed by atoms with Crippen molar-refractivity contribution in [3.05, 3.63) is 35.9 Å². The maximum absolute atomic E-state index is 11.5. The minimum absolute atomic E-state index is 0. The van der Waals surface area contributed by atoms with E-state index in [4.69, 9.17) is 5.73 Å². The van der Waals surface area contributed by atoms with Crippen LogP contribution in [0.3, 0.4) is 0 Å². The van der Waals surface area contributed by atoms with Crippen molar-refractivity contribution in [1.82, 2.24) is 0 Å². The maximum Gasteiger partial charge on any atom is 0.152 e. The lowest BCUT2D eigenvalue weighted by atomic mass is 9.97. The summed E-state index contributed by atoms with van der Waals surface area (Å²) in [6.45, 7) is 3.76. The number of halogens is 1. The molecule has 0 amide bonds. The Balaban J connectivity index is 0.00000196. The third-order valence-electron chi connectivity index (χ3n) is 2.23. The van der Waals surface area contributed by atoms with Gasteiger partial charge in [0, 0.05) is 5.92 Å². The second kappa shape index (κ2) is 6.59. The highest BCUT2D eigenvalue weighted by atomic mass is 35.5. The second-order valence-corrected chi connectivity index (χ2v) is 3.85. The van der Waals surface area contributed by atoms with Crippen molar-refractivity contribution in [3.63, 3.8) is 0 Å². The van der Waals surface area contributed by atoms with Gasteiger partial charge >= 0.3 is 0 Å². The number of Topliss-reactive ketones (excluding diaryl/α,β-unsaturated/α-hetero) is 1. The summed E-state index contributed by atoms with van der Waals surface area (Å²) in [4.78, 5) is 11.5. The summed E-state index contributed by atoms with van der Waals surface area (Å²) in [6.07, 6.45) is 0.637. The summed E-state index contributed by atoms with van der Waals surface area (Å²) in [6, 6.07) is 9.50. The maximum atomic E-state index is 11.5. The van der Waals surface area contributed by atoms with E-state index in [0.29, 0.717) is 6.42 Å². The molecule has 0 aliphatic heterocycles. The molecule has 2 nitrogen and oxygen atoms in total. The molecule has 1 atom stereocenters. The highest BCUT2D eigenvalue weighted by molar-refractivity contribution is 5.85. The van der Waals surface area contributed by atoms with Gasteiger partial charge in [-0.05, 0) is 12.0 Å². The number of rotatable bonds is 4. The van der Waals surface area contributed by atoms with Crippen LogP contribution in [0.1, 0.15) is 19.4 Å². The molecule has 0 radical (unpaired) electrons. The standard InChI is InChI=1S/C12H17NO.ClH/c1-9(2)12(14)11(13)8-10-6-4-3-5-7-10;/h3-7,9,11H,8,13H2,1-2H3;1H/t11-;/m0./s1. The van der Waals surface area contributed by atoms with Crippen LogP contribution in [0.5, 0.6) is 0 Å². The van der Waals surface area contributed by atoms with Gasteiger partial charge in [-0.3, -0.25) is 4.79 Å². The molecule has 0 aliphatic carbocycles. The predicted octanol–water partition coefficient (Wildman–Crippen LogP) is 2.20. The summed E-state index contributed by atoms with van der Waals surface area (Å²) in [7, 11) is 0. The van der Waals surface area contributed by atoms with E-state index >= 15 is 0 Å². The molecular formula is C12H18ClNO. The lowest BCUT2D eigenvalue weighted by Crippen LogP contribution is -2.35. The van der Waals surface area contributed by atoms with Crippen LogP contribution < -0.4 is 5.73 Å². The second-order valence-electron chi connectivity index (χ2n) is 3.85. The van der Waals surface area contributed by atoms with Gasteiger partial charge in [-0.2, -0.15) is 0 Å². The summed E-state index contributed by atoms with van der Waals surface area (Å²) < 4.78 is 0. The summed E-state index contributed by atoms with van der Waals surface area (Å²) in [5.74, 6) is 0.155. The molecule has 1 aromatic rings.